The van der Waals surface area contributed by atoms with Crippen LogP contribution in [-0.2, 0) is 4.79 Å². The van der Waals surface area contributed by atoms with Gasteiger partial charge >= 0.3 is 0 Å². The van der Waals surface area contributed by atoms with Crippen molar-refractivity contribution in [2.45, 2.75) is 33.1 Å². The Morgan fingerprint density at radius 3 is 2.75 bits per heavy atom. The monoisotopic (exact) mass is 428 g/mol. The number of likely N-dealkylation sites (N-methyl/N-ethyl adjacent to an activating group) is 1. The second-order valence-electron chi connectivity index (χ2n) is 9.00. The summed E-state index contributed by atoms with van der Waals surface area (Å²) in [6.45, 7) is 10.2. The molecule has 5 heteroatoms. The molecule has 5 nitrogen and oxygen atoms in total. The molecule has 3 aliphatic rings. The number of pyridine rings is 1. The number of allylic oxidation sites excluding steroid dienone is 7. The Labute approximate surface area is 191 Å². The molecule has 0 amide bonds. The minimum absolute atomic E-state index is 0.0340. The highest BCUT2D eigenvalue weighted by Gasteiger charge is 2.31. The van der Waals surface area contributed by atoms with Crippen molar-refractivity contribution in [2.24, 2.45) is 16.8 Å². The number of hydrogen-bond acceptors (Lipinski definition) is 5. The lowest BCUT2D eigenvalue weighted by Gasteiger charge is -2.39. The van der Waals surface area contributed by atoms with Crippen LogP contribution in [0.3, 0.4) is 0 Å². The molecule has 166 valence electrons. The fraction of sp³-hybridized carbons (Fsp3) is 0.370. The van der Waals surface area contributed by atoms with Gasteiger partial charge in [0, 0.05) is 55.3 Å². The predicted octanol–water partition coefficient (Wildman–Crippen LogP) is 4.99. The maximum Gasteiger partial charge on any atom is 0.206 e. The number of nitrogens with zero attached hydrogens (tertiary/aromatic N) is 4. The van der Waals surface area contributed by atoms with E-state index >= 15 is 0 Å². The average molecular weight is 429 g/mol. The van der Waals surface area contributed by atoms with E-state index in [1.165, 1.54) is 5.57 Å². The number of Topliss-reactive ketones (excluding diaryl/α,β-unsaturated/α-hetero) is 1. The molecule has 0 radical (unpaired) electrons. The largest absolute Gasteiger partial charge is 0.342 e. The average Bonchev–Trinajstić information content (AvgIpc) is 3.07. The van der Waals surface area contributed by atoms with Gasteiger partial charge in [0.25, 0.3) is 0 Å². The van der Waals surface area contributed by atoms with Gasteiger partial charge in [0.15, 0.2) is 5.78 Å². The number of rotatable bonds is 4. The van der Waals surface area contributed by atoms with E-state index in [1.807, 2.05) is 42.3 Å². The topological polar surface area (TPSA) is 48.8 Å². The summed E-state index contributed by atoms with van der Waals surface area (Å²) in [7, 11) is 1.99. The highest BCUT2D eigenvalue weighted by Crippen LogP contribution is 2.28. The van der Waals surface area contributed by atoms with E-state index in [4.69, 9.17) is 4.99 Å². The zero-order chi connectivity index (χ0) is 22.7. The van der Waals surface area contributed by atoms with Gasteiger partial charge in [-0.25, -0.2) is 4.99 Å². The number of hydrogen-bond donors (Lipinski definition) is 0. The van der Waals surface area contributed by atoms with Crippen molar-refractivity contribution in [3.05, 3.63) is 83.9 Å². The minimum atomic E-state index is -0.0340. The maximum atomic E-state index is 13.4. The fourth-order valence-corrected chi connectivity index (χ4v) is 4.39. The van der Waals surface area contributed by atoms with Crippen molar-refractivity contribution in [3.63, 3.8) is 0 Å². The molecule has 0 spiro atoms. The van der Waals surface area contributed by atoms with Gasteiger partial charge in [-0.15, -0.1) is 0 Å². The number of carbonyl (C=O) groups excluding carboxylic acids is 1. The summed E-state index contributed by atoms with van der Waals surface area (Å²) in [5.74, 6) is 1.55. The van der Waals surface area contributed by atoms with E-state index in [0.29, 0.717) is 12.5 Å². The molecule has 1 saturated heterocycles. The number of guanidine groups is 1. The minimum Gasteiger partial charge on any atom is -0.342 e. The molecule has 1 fully saturated rings. The van der Waals surface area contributed by atoms with Crippen molar-refractivity contribution in [1.29, 1.82) is 0 Å². The third-order valence-electron chi connectivity index (χ3n) is 6.46. The lowest BCUT2D eigenvalue weighted by atomic mass is 9.89. The normalized spacial score (nSPS) is 21.6. The van der Waals surface area contributed by atoms with E-state index in [2.05, 4.69) is 42.5 Å². The van der Waals surface area contributed by atoms with Crippen LogP contribution in [0.1, 0.15) is 38.7 Å². The fourth-order valence-electron chi connectivity index (χ4n) is 4.39. The van der Waals surface area contributed by atoms with E-state index in [9.17, 15) is 4.79 Å². The molecular formula is C27H32N4O. The van der Waals surface area contributed by atoms with Gasteiger partial charge in [0.2, 0.25) is 5.96 Å². The number of likely N-dealkylation sites (tertiary alicyclic amines) is 1. The van der Waals surface area contributed by atoms with Crippen molar-refractivity contribution >= 4 is 17.4 Å². The van der Waals surface area contributed by atoms with Crippen LogP contribution in [0.2, 0.25) is 0 Å². The Morgan fingerprint density at radius 2 is 2.00 bits per heavy atom. The first-order valence-electron chi connectivity index (χ1n) is 11.4. The van der Waals surface area contributed by atoms with Gasteiger partial charge in [0.1, 0.15) is 0 Å². The Bertz CT molecular complexity index is 1040. The molecule has 3 heterocycles. The third kappa shape index (κ3) is 4.67. The predicted molar refractivity (Wildman–Crippen MR) is 131 cm³/mol. The molecule has 4 rings (SSSR count). The zero-order valence-corrected chi connectivity index (χ0v) is 19.3. The third-order valence-corrected chi connectivity index (χ3v) is 6.46. The molecule has 2 aliphatic heterocycles. The molecule has 0 aromatic carbocycles. The number of aliphatic imine (C=N–C) groups is 1. The molecule has 32 heavy (non-hydrogen) atoms. The molecule has 0 saturated carbocycles. The van der Waals surface area contributed by atoms with E-state index in [0.717, 1.165) is 54.3 Å². The zero-order valence-electron chi connectivity index (χ0n) is 19.3. The number of piperidine rings is 1. The van der Waals surface area contributed by atoms with Crippen molar-refractivity contribution < 1.29 is 4.79 Å². The van der Waals surface area contributed by atoms with E-state index < -0.39 is 0 Å². The van der Waals surface area contributed by atoms with Gasteiger partial charge in [-0.2, -0.15) is 0 Å². The van der Waals surface area contributed by atoms with E-state index in [-0.39, 0.29) is 11.7 Å². The smallest absolute Gasteiger partial charge is 0.206 e. The Balaban J connectivity index is 1.55. The summed E-state index contributed by atoms with van der Waals surface area (Å²) >= 11 is 0. The Kier molecular flexibility index (Phi) is 6.54. The van der Waals surface area contributed by atoms with Crippen LogP contribution in [0.15, 0.2) is 83.3 Å². The van der Waals surface area contributed by atoms with Gasteiger partial charge < -0.3 is 9.80 Å². The highest BCUT2D eigenvalue weighted by molar-refractivity contribution is 6.01. The summed E-state index contributed by atoms with van der Waals surface area (Å²) in [6.07, 6.45) is 16.6. The van der Waals surface area contributed by atoms with Crippen LogP contribution in [0, 0.1) is 11.8 Å². The summed E-state index contributed by atoms with van der Waals surface area (Å²) in [6, 6.07) is 3.91. The van der Waals surface area contributed by atoms with Gasteiger partial charge in [-0.05, 0) is 43.4 Å². The van der Waals surface area contributed by atoms with Crippen LogP contribution < -0.4 is 0 Å². The molecule has 1 unspecified atom stereocenters. The number of carbonyl (C=O) groups is 1. The molecule has 1 aromatic heterocycles. The second kappa shape index (κ2) is 9.51. The molecule has 1 aliphatic carbocycles. The van der Waals surface area contributed by atoms with Crippen LogP contribution in [-0.4, -0.2) is 46.7 Å². The lowest BCUT2D eigenvalue weighted by Crippen LogP contribution is -2.48. The van der Waals surface area contributed by atoms with E-state index in [1.54, 1.807) is 12.4 Å². The summed E-state index contributed by atoms with van der Waals surface area (Å²) < 4.78 is 0. The van der Waals surface area contributed by atoms with Gasteiger partial charge in [-0.1, -0.05) is 50.3 Å². The van der Waals surface area contributed by atoms with Crippen LogP contribution in [0.4, 0.5) is 0 Å². The first-order valence-corrected chi connectivity index (χ1v) is 11.4. The van der Waals surface area contributed by atoms with Crippen LogP contribution >= 0.6 is 0 Å². The molecule has 1 atom stereocenters. The SMILES string of the molecule is C=C1C=C(c2ccncc2)N=C(N2CCCC(C(=O)C3=CC=C(C(C)C)CC=C3)C2)N1C. The first kappa shape index (κ1) is 22.0. The van der Waals surface area contributed by atoms with Gasteiger partial charge in [-0.3, -0.25) is 9.78 Å². The lowest BCUT2D eigenvalue weighted by molar-refractivity contribution is -0.120. The quantitative estimate of drug-likeness (QED) is 0.678. The Morgan fingerprint density at radius 1 is 1.22 bits per heavy atom. The molecule has 0 bridgehead atoms. The van der Waals surface area contributed by atoms with Crippen molar-refractivity contribution in [2.75, 3.05) is 20.1 Å². The second-order valence-corrected chi connectivity index (χ2v) is 9.00. The summed E-state index contributed by atoms with van der Waals surface area (Å²) in [5.41, 5.74) is 4.95. The van der Waals surface area contributed by atoms with Crippen molar-refractivity contribution in [3.8, 4) is 0 Å². The Hall–Kier alpha value is -3.21. The number of aromatic nitrogens is 1. The highest BCUT2D eigenvalue weighted by atomic mass is 16.1. The molecule has 1 aromatic rings. The molecular weight excluding hydrogens is 396 g/mol. The van der Waals surface area contributed by atoms with Crippen LogP contribution in [0.5, 0.6) is 0 Å². The summed E-state index contributed by atoms with van der Waals surface area (Å²) in [5, 5.41) is 0. The van der Waals surface area contributed by atoms with Crippen LogP contribution in [0.25, 0.3) is 5.70 Å². The maximum absolute atomic E-state index is 13.4. The summed E-state index contributed by atoms with van der Waals surface area (Å²) in [4.78, 5) is 26.7. The molecule has 0 N–H and O–H groups in total. The first-order chi connectivity index (χ1) is 15.4. The standard InChI is InChI=1S/C27H32N4O/c1-19(2)21-7-5-8-23(11-10-21)26(32)24-9-6-16-31(18-24)27-29-25(17-20(3)30(27)4)22-12-14-28-15-13-22/h5,8,10-15,17,19,24H,3,6-7,9,16,18H2,1-2,4H3. The number of ketones is 1. The van der Waals surface area contributed by atoms with Crippen molar-refractivity contribution in [1.82, 2.24) is 14.8 Å². The van der Waals surface area contributed by atoms with Gasteiger partial charge in [0.05, 0.1) is 5.70 Å².